The average molecular weight is 244 g/mol. The number of likely N-dealkylation sites (N-methyl/N-ethyl adjacent to an activating group) is 2. The summed E-state index contributed by atoms with van der Waals surface area (Å²) in [6.07, 6.45) is 0.375. The normalized spacial score (nSPS) is 14.9. The Kier molecular flexibility index (Phi) is 5.43. The summed E-state index contributed by atoms with van der Waals surface area (Å²) in [6.45, 7) is 3.26. The van der Waals surface area contributed by atoms with Gasteiger partial charge < -0.3 is 21.2 Å². The van der Waals surface area contributed by atoms with Crippen molar-refractivity contribution in [3.05, 3.63) is 0 Å². The number of nitrogens with one attached hydrogen (secondary N) is 1. The lowest BCUT2D eigenvalue weighted by molar-refractivity contribution is -0.139. The third-order valence-electron chi connectivity index (χ3n) is 2.86. The highest BCUT2D eigenvalue weighted by atomic mass is 16.4. The van der Waals surface area contributed by atoms with Crippen LogP contribution in [-0.2, 0) is 9.59 Å². The number of hydrogen-bond acceptors (Lipinski definition) is 4. The van der Waals surface area contributed by atoms with E-state index < -0.39 is 5.41 Å². The number of amides is 2. The number of carbonyl (C=O) groups is 2. The summed E-state index contributed by atoms with van der Waals surface area (Å²) in [5.74, 6) is -0.800. The highest BCUT2D eigenvalue weighted by Gasteiger charge is 2.38. The molecule has 0 fully saturated rings. The van der Waals surface area contributed by atoms with E-state index in [-0.39, 0.29) is 24.2 Å². The molecule has 0 spiro atoms. The van der Waals surface area contributed by atoms with Gasteiger partial charge in [-0.2, -0.15) is 0 Å². The van der Waals surface area contributed by atoms with Crippen molar-refractivity contribution in [2.24, 2.45) is 16.3 Å². The number of nitrogens with zero attached hydrogens (tertiary/aromatic N) is 2. The average Bonchev–Trinajstić information content (AvgIpc) is 2.35. The van der Waals surface area contributed by atoms with E-state index in [1.807, 2.05) is 0 Å². The van der Waals surface area contributed by atoms with Crippen LogP contribution >= 0.6 is 0 Å². The summed E-state index contributed by atoms with van der Waals surface area (Å²) in [7, 11) is 2.99. The molecule has 4 N–H and O–H groups in total. The van der Waals surface area contributed by atoms with E-state index in [1.54, 1.807) is 13.8 Å². The minimum atomic E-state index is -1.10. The SMILES string of the molecule is CCC(C)(C(=O)N(C)CC(=O)NC)C(N)=NO. The minimum Gasteiger partial charge on any atom is -0.409 e. The van der Waals surface area contributed by atoms with Crippen LogP contribution in [0.5, 0.6) is 0 Å². The number of carbonyl (C=O) groups excluding carboxylic acids is 2. The zero-order chi connectivity index (χ0) is 13.6. The van der Waals surface area contributed by atoms with Gasteiger partial charge in [-0.3, -0.25) is 9.59 Å². The zero-order valence-corrected chi connectivity index (χ0v) is 10.6. The highest BCUT2D eigenvalue weighted by Crippen LogP contribution is 2.23. The molecule has 0 aromatic rings. The van der Waals surface area contributed by atoms with Crippen LogP contribution < -0.4 is 11.1 Å². The number of amidine groups is 1. The molecule has 0 rings (SSSR count). The molecule has 0 saturated heterocycles. The van der Waals surface area contributed by atoms with Crippen molar-refractivity contribution in [3.8, 4) is 0 Å². The predicted octanol–water partition coefficient (Wildman–Crippen LogP) is -0.646. The van der Waals surface area contributed by atoms with Crippen molar-refractivity contribution in [1.82, 2.24) is 10.2 Å². The molecule has 1 unspecified atom stereocenters. The van der Waals surface area contributed by atoms with Gasteiger partial charge in [0.15, 0.2) is 5.84 Å². The lowest BCUT2D eigenvalue weighted by Crippen LogP contribution is -2.50. The molecule has 0 saturated carbocycles. The monoisotopic (exact) mass is 244 g/mol. The summed E-state index contributed by atoms with van der Waals surface area (Å²) in [5, 5.41) is 14.0. The molecule has 0 aromatic heterocycles. The maximum atomic E-state index is 12.1. The number of rotatable bonds is 5. The third kappa shape index (κ3) is 3.33. The van der Waals surface area contributed by atoms with Crippen molar-refractivity contribution >= 4 is 17.6 Å². The molecular formula is C10H20N4O3. The van der Waals surface area contributed by atoms with E-state index in [9.17, 15) is 9.59 Å². The van der Waals surface area contributed by atoms with Crippen molar-refractivity contribution in [2.75, 3.05) is 20.6 Å². The largest absolute Gasteiger partial charge is 0.409 e. The van der Waals surface area contributed by atoms with Gasteiger partial charge in [-0.1, -0.05) is 12.1 Å². The lowest BCUT2D eigenvalue weighted by atomic mass is 9.84. The van der Waals surface area contributed by atoms with Crippen LogP contribution in [0.25, 0.3) is 0 Å². The fourth-order valence-electron chi connectivity index (χ4n) is 1.34. The van der Waals surface area contributed by atoms with Gasteiger partial charge in [0.2, 0.25) is 11.8 Å². The van der Waals surface area contributed by atoms with Crippen molar-refractivity contribution in [2.45, 2.75) is 20.3 Å². The van der Waals surface area contributed by atoms with Crippen LogP contribution in [0.1, 0.15) is 20.3 Å². The number of oxime groups is 1. The zero-order valence-electron chi connectivity index (χ0n) is 10.6. The van der Waals surface area contributed by atoms with Crippen LogP contribution in [0.15, 0.2) is 5.16 Å². The van der Waals surface area contributed by atoms with Gasteiger partial charge in [-0.25, -0.2) is 0 Å². The Morgan fingerprint density at radius 1 is 1.53 bits per heavy atom. The molecule has 7 nitrogen and oxygen atoms in total. The minimum absolute atomic E-state index is 0.0658. The fraction of sp³-hybridized carbons (Fsp3) is 0.700. The van der Waals surface area contributed by atoms with E-state index in [1.165, 1.54) is 19.0 Å². The Hall–Kier alpha value is -1.79. The fourth-order valence-corrected chi connectivity index (χ4v) is 1.34. The van der Waals surface area contributed by atoms with Gasteiger partial charge in [0.1, 0.15) is 5.41 Å². The Bertz CT molecular complexity index is 330. The van der Waals surface area contributed by atoms with Crippen molar-refractivity contribution in [3.63, 3.8) is 0 Å². The van der Waals surface area contributed by atoms with E-state index in [0.29, 0.717) is 6.42 Å². The smallest absolute Gasteiger partial charge is 0.239 e. The third-order valence-corrected chi connectivity index (χ3v) is 2.86. The first kappa shape index (κ1) is 15.2. The molecular weight excluding hydrogens is 224 g/mol. The molecule has 0 aliphatic heterocycles. The second kappa shape index (κ2) is 6.07. The molecule has 17 heavy (non-hydrogen) atoms. The molecule has 7 heteroatoms. The highest BCUT2D eigenvalue weighted by molar-refractivity contribution is 6.06. The van der Waals surface area contributed by atoms with E-state index in [4.69, 9.17) is 10.9 Å². The molecule has 98 valence electrons. The van der Waals surface area contributed by atoms with Crippen molar-refractivity contribution in [1.29, 1.82) is 0 Å². The standard InChI is InChI=1S/C10H20N4O3/c1-5-10(2,8(11)13-17)9(16)14(4)6-7(15)12-3/h17H,5-6H2,1-4H3,(H2,11,13)(H,12,15). The molecule has 0 aliphatic rings. The topological polar surface area (TPSA) is 108 Å². The van der Waals surface area contributed by atoms with E-state index >= 15 is 0 Å². The maximum Gasteiger partial charge on any atom is 0.239 e. The molecule has 0 aromatic carbocycles. The first-order chi connectivity index (χ1) is 7.83. The van der Waals surface area contributed by atoms with Crippen LogP contribution in [0, 0.1) is 5.41 Å². The van der Waals surface area contributed by atoms with E-state index in [2.05, 4.69) is 10.5 Å². The Morgan fingerprint density at radius 3 is 2.41 bits per heavy atom. The van der Waals surface area contributed by atoms with Crippen LogP contribution in [0.2, 0.25) is 0 Å². The summed E-state index contributed by atoms with van der Waals surface area (Å²) in [5.41, 5.74) is 4.42. The van der Waals surface area contributed by atoms with Gasteiger partial charge in [-0.15, -0.1) is 0 Å². The summed E-state index contributed by atoms with van der Waals surface area (Å²) in [6, 6.07) is 0. The van der Waals surface area contributed by atoms with Crippen LogP contribution in [-0.4, -0.2) is 48.4 Å². The predicted molar refractivity (Wildman–Crippen MR) is 63.5 cm³/mol. The Labute approximate surface area is 101 Å². The summed E-state index contributed by atoms with van der Waals surface area (Å²) < 4.78 is 0. The number of nitrogens with two attached hydrogens (primary N) is 1. The maximum absolute atomic E-state index is 12.1. The van der Waals surface area contributed by atoms with Gasteiger partial charge >= 0.3 is 0 Å². The van der Waals surface area contributed by atoms with Crippen LogP contribution in [0.4, 0.5) is 0 Å². The van der Waals surface area contributed by atoms with Crippen LogP contribution in [0.3, 0.4) is 0 Å². The Morgan fingerprint density at radius 2 is 2.06 bits per heavy atom. The quantitative estimate of drug-likeness (QED) is 0.258. The van der Waals surface area contributed by atoms with Gasteiger partial charge in [0, 0.05) is 14.1 Å². The molecule has 2 amide bonds. The second-order valence-corrected chi connectivity index (χ2v) is 4.01. The summed E-state index contributed by atoms with van der Waals surface area (Å²) in [4.78, 5) is 24.5. The molecule has 0 bridgehead atoms. The number of hydrogen-bond donors (Lipinski definition) is 3. The molecule has 0 radical (unpaired) electrons. The lowest BCUT2D eigenvalue weighted by Gasteiger charge is -2.30. The van der Waals surface area contributed by atoms with Gasteiger partial charge in [0.05, 0.1) is 6.54 Å². The summed E-state index contributed by atoms with van der Waals surface area (Å²) >= 11 is 0. The second-order valence-electron chi connectivity index (χ2n) is 4.01. The van der Waals surface area contributed by atoms with E-state index in [0.717, 1.165) is 0 Å². The molecule has 0 heterocycles. The first-order valence-electron chi connectivity index (χ1n) is 5.27. The Balaban J connectivity index is 4.93. The van der Waals surface area contributed by atoms with Crippen molar-refractivity contribution < 1.29 is 14.8 Å². The first-order valence-corrected chi connectivity index (χ1v) is 5.27. The van der Waals surface area contributed by atoms with Gasteiger partial charge in [0.25, 0.3) is 0 Å². The van der Waals surface area contributed by atoms with Gasteiger partial charge in [-0.05, 0) is 13.3 Å². The molecule has 0 aliphatic carbocycles. The molecule has 1 atom stereocenters.